The van der Waals surface area contributed by atoms with Crippen LogP contribution in [0.1, 0.15) is 67.0 Å². The van der Waals surface area contributed by atoms with E-state index in [9.17, 15) is 57.8 Å². The van der Waals surface area contributed by atoms with Crippen molar-refractivity contribution in [2.24, 2.45) is 33.7 Å². The molecule has 0 aliphatic carbocycles. The Hall–Kier alpha value is -9.42. The number of rotatable bonds is 33. The first-order valence-electron chi connectivity index (χ1n) is 28.5. The highest BCUT2D eigenvalue weighted by atomic mass is 32.2. The van der Waals surface area contributed by atoms with Gasteiger partial charge in [-0.3, -0.25) is 63.0 Å². The van der Waals surface area contributed by atoms with Gasteiger partial charge in [-0.1, -0.05) is 72.8 Å². The molecule has 2 aliphatic heterocycles. The molecule has 0 aromatic heterocycles. The van der Waals surface area contributed by atoms with Crippen LogP contribution in [0.4, 0.5) is 0 Å². The van der Waals surface area contributed by atoms with E-state index in [-0.39, 0.29) is 68.0 Å². The van der Waals surface area contributed by atoms with E-state index < -0.39 is 139 Å². The van der Waals surface area contributed by atoms with E-state index in [0.717, 1.165) is 5.56 Å². The summed E-state index contributed by atoms with van der Waals surface area (Å²) >= 11 is 5.76. The monoisotopic (exact) mass is 1270 g/mol. The lowest BCUT2D eigenvalue weighted by atomic mass is 10.0. The van der Waals surface area contributed by atoms with Gasteiger partial charge in [0.2, 0.25) is 65.0 Å². The summed E-state index contributed by atoms with van der Waals surface area (Å²) in [6, 6.07) is 20.2. The van der Waals surface area contributed by atoms with E-state index in [4.69, 9.17) is 33.4 Å². The summed E-state index contributed by atoms with van der Waals surface area (Å²) in [5.74, 6) is -8.59. The second kappa shape index (κ2) is 34.2. The van der Waals surface area contributed by atoms with E-state index in [1.54, 1.807) is 42.5 Å². The van der Waals surface area contributed by atoms with Crippen molar-refractivity contribution in [2.75, 3.05) is 31.1 Å². The average Bonchev–Trinajstić information content (AvgIpc) is 2.54. The number of benzene rings is 4. The van der Waals surface area contributed by atoms with Crippen molar-refractivity contribution in [2.45, 2.75) is 111 Å². The molecular weight excluding hydrogens is 1190 g/mol. The third-order valence-electron chi connectivity index (χ3n) is 14.2. The van der Waals surface area contributed by atoms with Crippen molar-refractivity contribution in [1.29, 1.82) is 0 Å². The first-order chi connectivity index (χ1) is 42.6. The number of hydrogen-bond donors (Lipinski definition) is 15. The number of phenols is 1. The number of carbonyl (C=O) groups is 11. The standard InChI is InChI=1S/C59H75N15O13S2/c60-47(76)24-23-40(51(80)71-43(29-48(61)77)54(83)72-44(31-88)58(86)74-26-8-14-46(74)56(85)68-39(13-7-25-65-59(63)64)50(79)66-30-49(62)78)67-52(81)41(27-33-9-3-1-4-10-33)69-53(82)42(28-34-15-19-36(75)20-16-34)70-55(84)45-32-89-57(73-45)35-17-21-38(22-18-35)87-37-11-5-2-6-12-37/h1-6,9-12,15-22,39-46,57,73,75,88H,7-8,13-14,23-32H2,(H2,60,76)(H2,61,77)(H2,62,78)(H,66,79)(H,67,81)(H,68,85)(H,69,82)(H,70,84)(H,71,80)(H,72,83)(H4,63,64,65). The molecule has 11 amide bonds. The number of guanidine groups is 1. The van der Waals surface area contributed by atoms with Gasteiger partial charge in [0.05, 0.1) is 24.4 Å². The van der Waals surface area contributed by atoms with Crippen LogP contribution in [0.5, 0.6) is 17.2 Å². The van der Waals surface area contributed by atoms with E-state index in [1.165, 1.54) is 28.8 Å². The topological polar surface area (TPSA) is 459 Å². The van der Waals surface area contributed by atoms with Crippen molar-refractivity contribution in [3.05, 3.63) is 126 Å². The van der Waals surface area contributed by atoms with Gasteiger partial charge in [0.15, 0.2) is 5.96 Å². The van der Waals surface area contributed by atoms with Gasteiger partial charge in [-0.15, -0.1) is 11.8 Å². The Morgan fingerprint density at radius 2 is 1.17 bits per heavy atom. The second-order valence-electron chi connectivity index (χ2n) is 21.0. The number of hydrogen-bond acceptors (Lipinski definition) is 17. The van der Waals surface area contributed by atoms with Crippen LogP contribution in [0.15, 0.2) is 114 Å². The van der Waals surface area contributed by atoms with Crippen LogP contribution in [0.3, 0.4) is 0 Å². The van der Waals surface area contributed by atoms with Gasteiger partial charge in [0.25, 0.3) is 0 Å². The summed E-state index contributed by atoms with van der Waals surface area (Å²) < 4.78 is 5.93. The predicted octanol–water partition coefficient (Wildman–Crippen LogP) is -2.00. The quantitative estimate of drug-likeness (QED) is 0.0106. The summed E-state index contributed by atoms with van der Waals surface area (Å²) in [6.45, 7) is -0.392. The third kappa shape index (κ3) is 22.0. The number of thioether (sulfide) groups is 1. The van der Waals surface area contributed by atoms with Crippen molar-refractivity contribution in [3.63, 3.8) is 0 Å². The normalized spacial score (nSPS) is 17.1. The Balaban J connectivity index is 1.16. The number of thiol groups is 1. The Labute approximate surface area is 522 Å². The third-order valence-corrected chi connectivity index (χ3v) is 15.8. The number of nitrogens with two attached hydrogens (primary N) is 5. The van der Waals surface area contributed by atoms with Gasteiger partial charge in [0, 0.05) is 43.9 Å². The summed E-state index contributed by atoms with van der Waals surface area (Å²) in [5, 5.41) is 31.0. The molecule has 9 unspecified atom stereocenters. The molecule has 2 aliphatic rings. The average molecular weight is 1270 g/mol. The number of likely N-dealkylation sites (tertiary alicyclic amines) is 1. The summed E-state index contributed by atoms with van der Waals surface area (Å²) in [4.78, 5) is 154. The van der Waals surface area contributed by atoms with Gasteiger partial charge in [-0.2, -0.15) is 12.6 Å². The zero-order valence-electron chi connectivity index (χ0n) is 48.5. The van der Waals surface area contributed by atoms with Crippen LogP contribution >= 0.6 is 24.4 Å². The van der Waals surface area contributed by atoms with Gasteiger partial charge in [-0.05, 0) is 85.2 Å². The molecule has 19 N–H and O–H groups in total. The van der Waals surface area contributed by atoms with Gasteiger partial charge >= 0.3 is 0 Å². The number of amides is 11. The fourth-order valence-corrected chi connectivity index (χ4v) is 11.1. The fraction of sp³-hybridized carbons (Fsp3) is 0.390. The predicted molar refractivity (Wildman–Crippen MR) is 332 cm³/mol. The number of primary amides is 3. The zero-order valence-corrected chi connectivity index (χ0v) is 50.2. The Morgan fingerprint density at radius 3 is 1.79 bits per heavy atom. The molecule has 2 saturated heterocycles. The minimum Gasteiger partial charge on any atom is -0.508 e. The maximum atomic E-state index is 14.6. The highest BCUT2D eigenvalue weighted by Gasteiger charge is 2.41. The molecule has 4 aromatic carbocycles. The minimum atomic E-state index is -1.81. The number of carbonyl (C=O) groups excluding carboxylic acids is 11. The lowest BCUT2D eigenvalue weighted by molar-refractivity contribution is -0.142. The van der Waals surface area contributed by atoms with E-state index >= 15 is 0 Å². The molecule has 0 saturated carbocycles. The lowest BCUT2D eigenvalue weighted by Crippen LogP contribution is -2.61. The first kappa shape index (κ1) is 68.7. The molecule has 30 heteroatoms. The Morgan fingerprint density at radius 1 is 0.618 bits per heavy atom. The number of nitrogens with one attached hydrogen (secondary N) is 8. The molecule has 476 valence electrons. The summed E-state index contributed by atoms with van der Waals surface area (Å²) in [5.41, 5.74) is 29.0. The van der Waals surface area contributed by atoms with Crippen LogP contribution in [0.2, 0.25) is 0 Å². The molecule has 0 spiro atoms. The summed E-state index contributed by atoms with van der Waals surface area (Å²) in [7, 11) is 0. The molecule has 0 bridgehead atoms. The SMILES string of the molecule is NC(=O)CCC(NC(=O)C(Cc1ccccc1)NC(=O)C(Cc1ccc(O)cc1)NC(=O)C1CSC(c2ccc(Oc3ccccc3)cc2)N1)C(=O)NC(CC(N)=O)C(=O)NC(CS)C(=O)N1CCCC1C(=O)NC(CCCN=C(N)N)C(=O)NCC(N)=O. The molecule has 9 atom stereocenters. The number of para-hydroxylation sites is 1. The lowest BCUT2D eigenvalue weighted by Gasteiger charge is -2.30. The number of ether oxygens (including phenoxy) is 1. The van der Waals surface area contributed by atoms with E-state index in [1.807, 2.05) is 54.6 Å². The summed E-state index contributed by atoms with van der Waals surface area (Å²) in [6.07, 6.45) is -1.34. The fourth-order valence-electron chi connectivity index (χ4n) is 9.64. The molecule has 6 rings (SSSR count). The van der Waals surface area contributed by atoms with Crippen LogP contribution in [0, 0.1) is 0 Å². The molecule has 2 heterocycles. The van der Waals surface area contributed by atoms with Crippen LogP contribution in [-0.2, 0) is 65.6 Å². The number of nitrogens with zero attached hydrogens (tertiary/aromatic N) is 2. The smallest absolute Gasteiger partial charge is 0.246 e. The van der Waals surface area contributed by atoms with Gasteiger partial charge in [-0.25, -0.2) is 0 Å². The number of aliphatic imine (C=N–C) groups is 1. The van der Waals surface area contributed by atoms with Crippen LogP contribution < -0.4 is 75.9 Å². The number of phenolic OH excluding ortho intramolecular Hbond substituents is 1. The zero-order chi connectivity index (χ0) is 64.6. The van der Waals surface area contributed by atoms with Gasteiger partial charge < -0.3 is 80.6 Å². The second-order valence-corrected chi connectivity index (χ2v) is 22.5. The first-order valence-corrected chi connectivity index (χ1v) is 30.2. The van der Waals surface area contributed by atoms with Gasteiger partial charge in [0.1, 0.15) is 59.5 Å². The molecule has 4 aromatic rings. The Bertz CT molecular complexity index is 3160. The molecule has 89 heavy (non-hydrogen) atoms. The molecule has 2 fully saturated rings. The largest absolute Gasteiger partial charge is 0.508 e. The maximum Gasteiger partial charge on any atom is 0.246 e. The Kier molecular flexibility index (Phi) is 26.4. The van der Waals surface area contributed by atoms with Crippen molar-refractivity contribution < 1.29 is 62.6 Å². The van der Waals surface area contributed by atoms with E-state index in [0.29, 0.717) is 34.8 Å². The highest BCUT2D eigenvalue weighted by Crippen LogP contribution is 2.34. The van der Waals surface area contributed by atoms with Crippen molar-refractivity contribution in [3.8, 4) is 17.2 Å². The van der Waals surface area contributed by atoms with Crippen LogP contribution in [-0.4, -0.2) is 160 Å². The minimum absolute atomic E-state index is 0.0166. The van der Waals surface area contributed by atoms with Crippen LogP contribution in [0.25, 0.3) is 0 Å². The maximum absolute atomic E-state index is 14.6. The highest BCUT2D eigenvalue weighted by molar-refractivity contribution is 7.99. The number of aromatic hydroxyl groups is 1. The molecule has 0 radical (unpaired) electrons. The van der Waals surface area contributed by atoms with E-state index in [2.05, 4.69) is 60.2 Å². The molecule has 28 nitrogen and oxygen atoms in total. The molecular formula is C59H75N15O13S2. The van der Waals surface area contributed by atoms with Crippen molar-refractivity contribution >= 4 is 95.3 Å². The van der Waals surface area contributed by atoms with Crippen molar-refractivity contribution in [1.82, 2.24) is 47.4 Å².